The van der Waals surface area contributed by atoms with Crippen LogP contribution in [0.3, 0.4) is 0 Å². The van der Waals surface area contributed by atoms with Crippen molar-refractivity contribution in [3.8, 4) is 11.5 Å². The number of halogens is 1. The number of hydrogen-bond acceptors (Lipinski definition) is 4. The van der Waals surface area contributed by atoms with E-state index in [1.54, 1.807) is 26.4 Å². The molecule has 5 heteroatoms. The first-order valence-corrected chi connectivity index (χ1v) is 6.06. The third-order valence-corrected chi connectivity index (χ3v) is 3.00. The Bertz CT molecular complexity index is 588. The molecule has 0 saturated carbocycles. The minimum absolute atomic E-state index is 0.492. The van der Waals surface area contributed by atoms with Crippen molar-refractivity contribution in [2.45, 2.75) is 0 Å². The van der Waals surface area contributed by atoms with Crippen LogP contribution in [0.15, 0.2) is 36.4 Å². The molecule has 0 atom stereocenters. The Morgan fingerprint density at radius 2 is 1.68 bits per heavy atom. The topological polar surface area (TPSA) is 56.5 Å². The van der Waals surface area contributed by atoms with E-state index in [0.717, 1.165) is 11.4 Å². The molecule has 0 aromatic heterocycles. The summed E-state index contributed by atoms with van der Waals surface area (Å²) in [6.07, 6.45) is 0. The highest BCUT2D eigenvalue weighted by molar-refractivity contribution is 6.32. The molecule has 0 aliphatic carbocycles. The predicted octanol–water partition coefficient (Wildman–Crippen LogP) is 3.68. The average molecular weight is 279 g/mol. The maximum atomic E-state index is 6.06. The van der Waals surface area contributed by atoms with E-state index < -0.39 is 0 Å². The van der Waals surface area contributed by atoms with Gasteiger partial charge in [-0.3, -0.25) is 0 Å². The van der Waals surface area contributed by atoms with Crippen LogP contribution < -0.4 is 20.5 Å². The van der Waals surface area contributed by atoms with Crippen molar-refractivity contribution in [2.24, 2.45) is 0 Å². The minimum atomic E-state index is 0.492. The molecular formula is C14H15ClN2O2. The Hall–Kier alpha value is -2.07. The summed E-state index contributed by atoms with van der Waals surface area (Å²) in [4.78, 5) is 0. The lowest BCUT2D eigenvalue weighted by Crippen LogP contribution is -1.99. The summed E-state index contributed by atoms with van der Waals surface area (Å²) >= 11 is 6.06. The van der Waals surface area contributed by atoms with E-state index >= 15 is 0 Å². The van der Waals surface area contributed by atoms with Crippen LogP contribution in [0.1, 0.15) is 0 Å². The molecule has 0 amide bonds. The first kappa shape index (κ1) is 13.4. The summed E-state index contributed by atoms with van der Waals surface area (Å²) in [5.74, 6) is 1.19. The van der Waals surface area contributed by atoms with Crippen LogP contribution in [-0.4, -0.2) is 14.2 Å². The number of rotatable bonds is 4. The Morgan fingerprint density at radius 1 is 1.00 bits per heavy atom. The molecule has 2 rings (SSSR count). The highest BCUT2D eigenvalue weighted by Crippen LogP contribution is 2.38. The maximum Gasteiger partial charge on any atom is 0.144 e. The zero-order valence-corrected chi connectivity index (χ0v) is 11.5. The second kappa shape index (κ2) is 5.71. The highest BCUT2D eigenvalue weighted by atomic mass is 35.5. The molecule has 0 bridgehead atoms. The second-order valence-electron chi connectivity index (χ2n) is 3.90. The van der Waals surface area contributed by atoms with Crippen molar-refractivity contribution >= 4 is 28.7 Å². The molecule has 2 aromatic carbocycles. The Morgan fingerprint density at radius 3 is 2.32 bits per heavy atom. The van der Waals surface area contributed by atoms with E-state index in [9.17, 15) is 0 Å². The maximum absolute atomic E-state index is 6.06. The fourth-order valence-corrected chi connectivity index (χ4v) is 1.94. The molecule has 19 heavy (non-hydrogen) atoms. The van der Waals surface area contributed by atoms with Gasteiger partial charge in [-0.25, -0.2) is 0 Å². The molecule has 0 aliphatic heterocycles. The van der Waals surface area contributed by atoms with Gasteiger partial charge in [0, 0.05) is 12.1 Å². The lowest BCUT2D eigenvalue weighted by atomic mass is 10.2. The number of methoxy groups -OCH3 is 2. The molecule has 0 fully saturated rings. The Kier molecular flexibility index (Phi) is 4.02. The SMILES string of the molecule is COc1cc(Nc2ccccc2N)c(OC)cc1Cl. The van der Waals surface area contributed by atoms with Gasteiger partial charge in [-0.2, -0.15) is 0 Å². The predicted molar refractivity (Wildman–Crippen MR) is 78.7 cm³/mol. The number of hydrogen-bond donors (Lipinski definition) is 2. The standard InChI is InChI=1S/C14H15ClN2O2/c1-18-13-8-12(14(19-2)7-9(13)15)17-11-6-4-3-5-10(11)16/h3-8,17H,16H2,1-2H3. The van der Waals surface area contributed by atoms with E-state index in [2.05, 4.69) is 5.32 Å². The summed E-state index contributed by atoms with van der Waals surface area (Å²) in [6.45, 7) is 0. The largest absolute Gasteiger partial charge is 0.495 e. The van der Waals surface area contributed by atoms with Gasteiger partial charge in [0.05, 0.1) is 36.3 Å². The molecule has 0 heterocycles. The molecule has 0 radical (unpaired) electrons. The number of nitrogens with two attached hydrogens (primary N) is 1. The van der Waals surface area contributed by atoms with Gasteiger partial charge in [0.15, 0.2) is 0 Å². The second-order valence-corrected chi connectivity index (χ2v) is 4.31. The van der Waals surface area contributed by atoms with E-state index in [0.29, 0.717) is 22.2 Å². The van der Waals surface area contributed by atoms with Crippen LogP contribution in [0.25, 0.3) is 0 Å². The summed E-state index contributed by atoms with van der Waals surface area (Å²) in [6, 6.07) is 11.0. The molecule has 0 saturated heterocycles. The summed E-state index contributed by atoms with van der Waals surface area (Å²) in [7, 11) is 3.14. The molecular weight excluding hydrogens is 264 g/mol. The van der Waals surface area contributed by atoms with E-state index in [-0.39, 0.29) is 0 Å². The lowest BCUT2D eigenvalue weighted by Gasteiger charge is -2.15. The zero-order valence-electron chi connectivity index (χ0n) is 10.7. The smallest absolute Gasteiger partial charge is 0.144 e. The Labute approximate surface area is 117 Å². The fraction of sp³-hybridized carbons (Fsp3) is 0.143. The van der Waals surface area contributed by atoms with Crippen LogP contribution in [0.5, 0.6) is 11.5 Å². The average Bonchev–Trinajstić information content (AvgIpc) is 2.42. The molecule has 4 nitrogen and oxygen atoms in total. The first-order valence-electron chi connectivity index (χ1n) is 5.68. The van der Waals surface area contributed by atoms with Crippen molar-refractivity contribution in [1.29, 1.82) is 0 Å². The normalized spacial score (nSPS) is 10.1. The number of nitrogens with one attached hydrogen (secondary N) is 1. The summed E-state index contributed by atoms with van der Waals surface area (Å²) < 4.78 is 10.5. The van der Waals surface area contributed by atoms with Gasteiger partial charge in [-0.15, -0.1) is 0 Å². The molecule has 0 spiro atoms. The van der Waals surface area contributed by atoms with Crippen LogP contribution in [0.4, 0.5) is 17.1 Å². The van der Waals surface area contributed by atoms with Crippen LogP contribution >= 0.6 is 11.6 Å². The van der Waals surface area contributed by atoms with Crippen LogP contribution in [-0.2, 0) is 0 Å². The third-order valence-electron chi connectivity index (χ3n) is 2.70. The first-order chi connectivity index (χ1) is 9.15. The monoisotopic (exact) mass is 278 g/mol. The van der Waals surface area contributed by atoms with Gasteiger partial charge in [0.2, 0.25) is 0 Å². The van der Waals surface area contributed by atoms with Gasteiger partial charge in [0.1, 0.15) is 11.5 Å². The molecule has 100 valence electrons. The lowest BCUT2D eigenvalue weighted by molar-refractivity contribution is 0.405. The number of nitrogen functional groups attached to an aromatic ring is 1. The van der Waals surface area contributed by atoms with Crippen molar-refractivity contribution in [2.75, 3.05) is 25.3 Å². The number of para-hydroxylation sites is 2. The van der Waals surface area contributed by atoms with Gasteiger partial charge in [-0.1, -0.05) is 23.7 Å². The van der Waals surface area contributed by atoms with Gasteiger partial charge in [0.25, 0.3) is 0 Å². The van der Waals surface area contributed by atoms with Gasteiger partial charge in [-0.05, 0) is 12.1 Å². The molecule has 2 aromatic rings. The molecule has 0 aliphatic rings. The summed E-state index contributed by atoms with van der Waals surface area (Å²) in [5, 5.41) is 3.70. The molecule has 0 unspecified atom stereocenters. The fourth-order valence-electron chi connectivity index (χ4n) is 1.71. The third kappa shape index (κ3) is 2.85. The number of benzene rings is 2. The zero-order chi connectivity index (χ0) is 13.8. The highest BCUT2D eigenvalue weighted by Gasteiger charge is 2.10. The number of ether oxygens (including phenoxy) is 2. The van der Waals surface area contributed by atoms with Gasteiger partial charge < -0.3 is 20.5 Å². The van der Waals surface area contributed by atoms with E-state index in [1.807, 2.05) is 24.3 Å². The van der Waals surface area contributed by atoms with Crippen molar-refractivity contribution in [3.63, 3.8) is 0 Å². The Balaban J connectivity index is 2.41. The van der Waals surface area contributed by atoms with Crippen LogP contribution in [0.2, 0.25) is 5.02 Å². The van der Waals surface area contributed by atoms with E-state index in [1.165, 1.54) is 0 Å². The quantitative estimate of drug-likeness (QED) is 0.838. The van der Waals surface area contributed by atoms with Gasteiger partial charge >= 0.3 is 0 Å². The summed E-state index contributed by atoms with van der Waals surface area (Å²) in [5.41, 5.74) is 8.09. The van der Waals surface area contributed by atoms with Crippen molar-refractivity contribution < 1.29 is 9.47 Å². The minimum Gasteiger partial charge on any atom is -0.495 e. The van der Waals surface area contributed by atoms with Crippen molar-refractivity contribution in [1.82, 2.24) is 0 Å². The van der Waals surface area contributed by atoms with E-state index in [4.69, 9.17) is 26.8 Å². The number of anilines is 3. The van der Waals surface area contributed by atoms with Crippen LogP contribution in [0, 0.1) is 0 Å². The van der Waals surface area contributed by atoms with Crippen molar-refractivity contribution in [3.05, 3.63) is 41.4 Å². The molecule has 3 N–H and O–H groups in total.